The van der Waals surface area contributed by atoms with Gasteiger partial charge in [-0.3, -0.25) is 0 Å². The molecule has 1 heterocycles. The molecule has 1 aromatic heterocycles. The first kappa shape index (κ1) is 13.4. The lowest BCUT2D eigenvalue weighted by atomic mass is 10.4. The number of hydrogen-bond donors (Lipinski definition) is 1. The molecule has 0 atom stereocenters. The van der Waals surface area contributed by atoms with Gasteiger partial charge >= 0.3 is 0 Å². The van der Waals surface area contributed by atoms with Crippen molar-refractivity contribution in [2.75, 3.05) is 11.9 Å². The van der Waals surface area contributed by atoms with Crippen molar-refractivity contribution in [3.63, 3.8) is 0 Å². The van der Waals surface area contributed by atoms with E-state index in [-0.39, 0.29) is 0 Å². The van der Waals surface area contributed by atoms with Crippen LogP contribution in [0.5, 0.6) is 0 Å². The summed E-state index contributed by atoms with van der Waals surface area (Å²) in [5, 5.41) is 4.20. The van der Waals surface area contributed by atoms with E-state index in [1.165, 1.54) is 0 Å². The molecular formula is C13H14BrN3S. The third kappa shape index (κ3) is 3.99. The Morgan fingerprint density at radius 3 is 2.94 bits per heavy atom. The highest BCUT2D eigenvalue weighted by Crippen LogP contribution is 2.28. The van der Waals surface area contributed by atoms with Crippen molar-refractivity contribution in [1.82, 2.24) is 9.97 Å². The molecule has 0 radical (unpaired) electrons. The minimum atomic E-state index is 0.879. The molecule has 5 heteroatoms. The molecular weight excluding hydrogens is 310 g/mol. The van der Waals surface area contributed by atoms with Gasteiger partial charge in [0.2, 0.25) is 0 Å². The van der Waals surface area contributed by atoms with Crippen molar-refractivity contribution in [1.29, 1.82) is 0 Å². The highest BCUT2D eigenvalue weighted by molar-refractivity contribution is 9.10. The van der Waals surface area contributed by atoms with Gasteiger partial charge in [0.05, 0.1) is 0 Å². The lowest BCUT2D eigenvalue weighted by Crippen LogP contribution is -2.02. The highest BCUT2D eigenvalue weighted by atomic mass is 79.9. The third-order valence-electron chi connectivity index (χ3n) is 2.22. The predicted molar refractivity (Wildman–Crippen MR) is 79.1 cm³/mol. The van der Waals surface area contributed by atoms with Gasteiger partial charge in [-0.05, 0) is 24.6 Å². The number of nitrogens with zero attached hydrogens (tertiary/aromatic N) is 2. The average Bonchev–Trinajstić information content (AvgIpc) is 2.37. The first-order chi connectivity index (χ1) is 8.78. The molecule has 0 aliphatic rings. The Bertz CT molecular complexity index is 519. The van der Waals surface area contributed by atoms with Crippen LogP contribution >= 0.6 is 27.7 Å². The summed E-state index contributed by atoms with van der Waals surface area (Å²) in [7, 11) is 0. The van der Waals surface area contributed by atoms with Gasteiger partial charge in [-0.15, -0.1) is 0 Å². The van der Waals surface area contributed by atoms with E-state index in [1.54, 1.807) is 18.1 Å². The fourth-order valence-corrected chi connectivity index (χ4v) is 2.79. The Morgan fingerprint density at radius 1 is 1.28 bits per heavy atom. The Balaban J connectivity index is 2.09. The average molecular weight is 324 g/mol. The van der Waals surface area contributed by atoms with E-state index in [2.05, 4.69) is 50.3 Å². The Hall–Kier alpha value is -1.07. The molecule has 0 unspecified atom stereocenters. The summed E-state index contributed by atoms with van der Waals surface area (Å²) in [6.07, 6.45) is 2.68. The second-order valence-corrected chi connectivity index (χ2v) is 5.74. The summed E-state index contributed by atoms with van der Waals surface area (Å²) in [5.74, 6) is 0.879. The molecule has 0 aliphatic carbocycles. The van der Waals surface area contributed by atoms with Crippen molar-refractivity contribution in [3.8, 4) is 0 Å². The predicted octanol–water partition coefficient (Wildman–Crippen LogP) is 4.21. The largest absolute Gasteiger partial charge is 0.370 e. The van der Waals surface area contributed by atoms with Crippen molar-refractivity contribution in [2.24, 2.45) is 0 Å². The molecule has 1 N–H and O–H groups in total. The quantitative estimate of drug-likeness (QED) is 0.836. The molecule has 0 saturated heterocycles. The molecule has 2 rings (SSSR count). The number of halogens is 1. The van der Waals surface area contributed by atoms with E-state index in [0.717, 1.165) is 33.2 Å². The number of anilines is 1. The van der Waals surface area contributed by atoms with Gasteiger partial charge < -0.3 is 5.32 Å². The molecule has 0 saturated carbocycles. The van der Waals surface area contributed by atoms with E-state index < -0.39 is 0 Å². The van der Waals surface area contributed by atoms with Gasteiger partial charge in [-0.25, -0.2) is 9.97 Å². The number of aromatic nitrogens is 2. The zero-order chi connectivity index (χ0) is 12.8. The van der Waals surface area contributed by atoms with Gasteiger partial charge in [-0.2, -0.15) is 0 Å². The fourth-order valence-electron chi connectivity index (χ4n) is 1.40. The van der Waals surface area contributed by atoms with Crippen LogP contribution < -0.4 is 5.32 Å². The van der Waals surface area contributed by atoms with Crippen LogP contribution in [0.4, 0.5) is 5.82 Å². The van der Waals surface area contributed by atoms with Crippen LogP contribution in [-0.2, 0) is 0 Å². The summed E-state index contributed by atoms with van der Waals surface area (Å²) in [6.45, 7) is 3.06. The summed E-state index contributed by atoms with van der Waals surface area (Å²) < 4.78 is 1.07. The Kier molecular flexibility index (Phi) is 5.01. The minimum Gasteiger partial charge on any atom is -0.370 e. The maximum absolute atomic E-state index is 4.27. The molecule has 2 aromatic rings. The smallest absolute Gasteiger partial charge is 0.130 e. The van der Waals surface area contributed by atoms with Gasteiger partial charge in [0.15, 0.2) is 0 Å². The minimum absolute atomic E-state index is 0.879. The summed E-state index contributed by atoms with van der Waals surface area (Å²) in [4.78, 5) is 9.62. The third-order valence-corrected chi connectivity index (χ3v) is 3.63. The Labute approximate surface area is 120 Å². The molecule has 0 amide bonds. The molecule has 94 valence electrons. The molecule has 18 heavy (non-hydrogen) atoms. The van der Waals surface area contributed by atoms with Gasteiger partial charge in [0, 0.05) is 22.0 Å². The van der Waals surface area contributed by atoms with E-state index in [0.29, 0.717) is 0 Å². The van der Waals surface area contributed by atoms with E-state index in [1.807, 2.05) is 18.2 Å². The lowest BCUT2D eigenvalue weighted by molar-refractivity contribution is 0.953. The summed E-state index contributed by atoms with van der Waals surface area (Å²) in [5.41, 5.74) is 0. The zero-order valence-corrected chi connectivity index (χ0v) is 12.5. The molecule has 3 nitrogen and oxygen atoms in total. The lowest BCUT2D eigenvalue weighted by Gasteiger charge is -2.05. The monoisotopic (exact) mass is 323 g/mol. The van der Waals surface area contributed by atoms with Crippen molar-refractivity contribution in [2.45, 2.75) is 23.3 Å². The first-order valence-electron chi connectivity index (χ1n) is 5.77. The van der Waals surface area contributed by atoms with Gasteiger partial charge in [0.1, 0.15) is 17.2 Å². The maximum Gasteiger partial charge on any atom is 0.130 e. The van der Waals surface area contributed by atoms with Crippen molar-refractivity contribution in [3.05, 3.63) is 41.1 Å². The van der Waals surface area contributed by atoms with Crippen LogP contribution in [-0.4, -0.2) is 16.5 Å². The number of rotatable bonds is 5. The van der Waals surface area contributed by atoms with E-state index in [4.69, 9.17) is 0 Å². The highest BCUT2D eigenvalue weighted by Gasteiger charge is 2.01. The Morgan fingerprint density at radius 2 is 2.17 bits per heavy atom. The van der Waals surface area contributed by atoms with Crippen LogP contribution in [0.15, 0.2) is 51.1 Å². The SMILES string of the molecule is CCCNc1cc(Sc2cccc(Br)c2)ncn1. The molecule has 1 aromatic carbocycles. The van der Waals surface area contributed by atoms with E-state index in [9.17, 15) is 0 Å². The van der Waals surface area contributed by atoms with Crippen LogP contribution in [0.25, 0.3) is 0 Å². The van der Waals surface area contributed by atoms with E-state index >= 15 is 0 Å². The van der Waals surface area contributed by atoms with Crippen LogP contribution in [0.3, 0.4) is 0 Å². The zero-order valence-electron chi connectivity index (χ0n) is 10.1. The van der Waals surface area contributed by atoms with Crippen molar-refractivity contribution >= 4 is 33.5 Å². The molecule has 0 fully saturated rings. The van der Waals surface area contributed by atoms with Crippen molar-refractivity contribution < 1.29 is 0 Å². The molecule has 0 spiro atoms. The first-order valence-corrected chi connectivity index (χ1v) is 7.38. The normalized spacial score (nSPS) is 10.3. The maximum atomic E-state index is 4.27. The standard InChI is InChI=1S/C13H14BrN3S/c1-2-6-15-12-8-13(17-9-16-12)18-11-5-3-4-10(14)7-11/h3-5,7-9H,2,6H2,1H3,(H,15,16,17). The number of hydrogen-bond acceptors (Lipinski definition) is 4. The van der Waals surface area contributed by atoms with Crippen LogP contribution in [0, 0.1) is 0 Å². The van der Waals surface area contributed by atoms with Gasteiger partial charge in [-0.1, -0.05) is 40.7 Å². The molecule has 0 aliphatic heterocycles. The van der Waals surface area contributed by atoms with Crippen LogP contribution in [0.2, 0.25) is 0 Å². The second kappa shape index (κ2) is 6.75. The fraction of sp³-hybridized carbons (Fsp3) is 0.231. The topological polar surface area (TPSA) is 37.8 Å². The summed E-state index contributed by atoms with van der Waals surface area (Å²) in [6, 6.07) is 10.1. The molecule has 0 bridgehead atoms. The van der Waals surface area contributed by atoms with Gasteiger partial charge in [0.25, 0.3) is 0 Å². The van der Waals surface area contributed by atoms with Crippen LogP contribution in [0.1, 0.15) is 13.3 Å². The number of nitrogens with one attached hydrogen (secondary N) is 1. The second-order valence-electron chi connectivity index (χ2n) is 3.73. The summed E-state index contributed by atoms with van der Waals surface area (Å²) >= 11 is 5.09. The number of benzene rings is 1.